The summed E-state index contributed by atoms with van der Waals surface area (Å²) in [6.07, 6.45) is 36.3. The van der Waals surface area contributed by atoms with Crippen LogP contribution < -0.4 is 0 Å². The summed E-state index contributed by atoms with van der Waals surface area (Å²) in [6.45, 7) is 4.30. The molecule has 0 aromatic carbocycles. The Kier molecular flexibility index (Phi) is 29.2. The highest BCUT2D eigenvalue weighted by Gasteiger charge is 2.09. The normalized spacial score (nSPS) is 12.3. The maximum absolute atomic E-state index is 12.1. The molecule has 38 heavy (non-hydrogen) atoms. The fourth-order valence-electron chi connectivity index (χ4n) is 4.98. The quantitative estimate of drug-likeness (QED) is 0.0563. The third-order valence-corrected chi connectivity index (χ3v) is 7.48. The van der Waals surface area contributed by atoms with Crippen molar-refractivity contribution in [1.82, 2.24) is 0 Å². The van der Waals surface area contributed by atoms with Gasteiger partial charge in [-0.05, 0) is 58.3 Å². The molecule has 0 saturated carbocycles. The zero-order valence-electron chi connectivity index (χ0n) is 25.5. The van der Waals surface area contributed by atoms with E-state index >= 15 is 0 Å². The van der Waals surface area contributed by atoms with E-state index in [4.69, 9.17) is 9.84 Å². The lowest BCUT2D eigenvalue weighted by Crippen LogP contribution is -2.14. The molecule has 1 unspecified atom stereocenters. The molecule has 224 valence electrons. The highest BCUT2D eigenvalue weighted by Crippen LogP contribution is 2.15. The van der Waals surface area contributed by atoms with E-state index in [-0.39, 0.29) is 12.1 Å². The zero-order valence-corrected chi connectivity index (χ0v) is 25.5. The molecule has 1 atom stereocenters. The molecule has 0 rings (SSSR count). The number of unbranched alkanes of at least 4 members (excludes halogenated alkanes) is 21. The average molecular weight is 537 g/mol. The number of carbonyl (C=O) groups is 2. The second kappa shape index (κ2) is 30.2. The molecule has 0 radical (unpaired) electrons. The van der Waals surface area contributed by atoms with E-state index in [9.17, 15) is 9.59 Å². The fourth-order valence-corrected chi connectivity index (χ4v) is 4.98. The lowest BCUT2D eigenvalue weighted by Gasteiger charge is -2.13. The maximum Gasteiger partial charge on any atom is 0.306 e. The molecular weight excluding hydrogens is 472 g/mol. The number of carboxylic acids is 1. The van der Waals surface area contributed by atoms with Crippen molar-refractivity contribution in [3.8, 4) is 0 Å². The molecule has 4 nitrogen and oxygen atoms in total. The van der Waals surface area contributed by atoms with Gasteiger partial charge >= 0.3 is 11.9 Å². The molecule has 1 N–H and O–H groups in total. The Hall–Kier alpha value is -1.32. The number of aliphatic carboxylic acids is 1. The smallest absolute Gasteiger partial charge is 0.306 e. The molecule has 0 aliphatic rings. The molecule has 0 saturated heterocycles. The molecule has 0 amide bonds. The monoisotopic (exact) mass is 536 g/mol. The number of hydrogen-bond donors (Lipinski definition) is 1. The van der Waals surface area contributed by atoms with Crippen molar-refractivity contribution < 1.29 is 19.4 Å². The first kappa shape index (κ1) is 36.7. The second-order valence-electron chi connectivity index (χ2n) is 11.5. The van der Waals surface area contributed by atoms with Crippen LogP contribution in [0.5, 0.6) is 0 Å². The average Bonchev–Trinajstić information content (AvgIpc) is 2.88. The van der Waals surface area contributed by atoms with Crippen LogP contribution in [0.25, 0.3) is 0 Å². The van der Waals surface area contributed by atoms with E-state index in [0.717, 1.165) is 44.9 Å². The molecule has 0 heterocycles. The number of ether oxygens (including phenoxy) is 1. The first-order valence-electron chi connectivity index (χ1n) is 16.6. The van der Waals surface area contributed by atoms with Crippen molar-refractivity contribution in [3.05, 3.63) is 12.2 Å². The highest BCUT2D eigenvalue weighted by atomic mass is 16.5. The number of carboxylic acid groups (broad SMARTS) is 1. The van der Waals surface area contributed by atoms with Gasteiger partial charge in [0.15, 0.2) is 0 Å². The third kappa shape index (κ3) is 30.9. The van der Waals surface area contributed by atoms with Crippen molar-refractivity contribution in [3.63, 3.8) is 0 Å². The highest BCUT2D eigenvalue weighted by molar-refractivity contribution is 5.69. The molecule has 0 aromatic heterocycles. The first-order chi connectivity index (χ1) is 18.6. The van der Waals surface area contributed by atoms with E-state index in [0.29, 0.717) is 12.8 Å². The van der Waals surface area contributed by atoms with Crippen LogP contribution in [0.15, 0.2) is 12.2 Å². The molecule has 0 aromatic rings. The molecule has 0 bridgehead atoms. The van der Waals surface area contributed by atoms with E-state index in [2.05, 4.69) is 19.1 Å². The minimum absolute atomic E-state index is 0.0202. The predicted octanol–water partition coefficient (Wildman–Crippen LogP) is 11.1. The van der Waals surface area contributed by atoms with Gasteiger partial charge in [-0.1, -0.05) is 128 Å². The Morgan fingerprint density at radius 1 is 0.579 bits per heavy atom. The van der Waals surface area contributed by atoms with Crippen LogP contribution in [0.4, 0.5) is 0 Å². The number of rotatable bonds is 30. The minimum Gasteiger partial charge on any atom is -0.481 e. The van der Waals surface area contributed by atoms with Gasteiger partial charge in [0, 0.05) is 12.8 Å². The fraction of sp³-hybridized carbons (Fsp3) is 0.882. The van der Waals surface area contributed by atoms with Crippen LogP contribution >= 0.6 is 0 Å². The summed E-state index contributed by atoms with van der Waals surface area (Å²) in [7, 11) is 0. The van der Waals surface area contributed by atoms with E-state index in [1.54, 1.807) is 0 Å². The molecule has 0 aliphatic heterocycles. The Labute approximate surface area is 236 Å². The first-order valence-corrected chi connectivity index (χ1v) is 16.6. The van der Waals surface area contributed by atoms with Crippen LogP contribution in [0, 0.1) is 0 Å². The Morgan fingerprint density at radius 3 is 1.45 bits per heavy atom. The topological polar surface area (TPSA) is 63.6 Å². The summed E-state index contributed by atoms with van der Waals surface area (Å²) < 4.78 is 5.59. The summed E-state index contributed by atoms with van der Waals surface area (Å²) in [5.41, 5.74) is 0. The van der Waals surface area contributed by atoms with Gasteiger partial charge in [0.1, 0.15) is 0 Å². The van der Waals surface area contributed by atoms with Crippen molar-refractivity contribution >= 4 is 11.9 Å². The van der Waals surface area contributed by atoms with Gasteiger partial charge in [0.25, 0.3) is 0 Å². The summed E-state index contributed by atoms with van der Waals surface area (Å²) in [4.78, 5) is 22.5. The van der Waals surface area contributed by atoms with Gasteiger partial charge in [-0.15, -0.1) is 0 Å². The Balaban J connectivity index is 3.33. The van der Waals surface area contributed by atoms with Gasteiger partial charge in [-0.2, -0.15) is 0 Å². The van der Waals surface area contributed by atoms with E-state index in [1.165, 1.54) is 116 Å². The number of esters is 1. The standard InChI is InChI=1S/C34H64O4/c1-3-4-5-6-7-8-9-10-11-12-13-14-15-19-22-25-28-31-34(37)38-32(2)29-26-23-20-17-16-18-21-24-27-30-33(35)36/h10-11,32H,3-9,12-31H2,1-2H3,(H,35,36)/b11-10-. The van der Waals surface area contributed by atoms with Crippen LogP contribution in [0.1, 0.15) is 187 Å². The summed E-state index contributed by atoms with van der Waals surface area (Å²) >= 11 is 0. The van der Waals surface area contributed by atoms with Crippen LogP contribution in [-0.2, 0) is 14.3 Å². The summed E-state index contributed by atoms with van der Waals surface area (Å²) in [5, 5.41) is 8.63. The van der Waals surface area contributed by atoms with Crippen molar-refractivity contribution in [2.24, 2.45) is 0 Å². The summed E-state index contributed by atoms with van der Waals surface area (Å²) in [5.74, 6) is -0.702. The number of allylic oxidation sites excluding steroid dienone is 2. The van der Waals surface area contributed by atoms with Crippen molar-refractivity contribution in [2.45, 2.75) is 193 Å². The largest absolute Gasteiger partial charge is 0.481 e. The van der Waals surface area contributed by atoms with Crippen LogP contribution in [0.2, 0.25) is 0 Å². The maximum atomic E-state index is 12.1. The van der Waals surface area contributed by atoms with Gasteiger partial charge in [0.05, 0.1) is 6.10 Å². The molecular formula is C34H64O4. The summed E-state index contributed by atoms with van der Waals surface area (Å²) in [6, 6.07) is 0. The number of carbonyl (C=O) groups excluding carboxylic acids is 1. The van der Waals surface area contributed by atoms with Gasteiger partial charge in [0.2, 0.25) is 0 Å². The molecule has 4 heteroatoms. The Morgan fingerprint density at radius 2 is 0.974 bits per heavy atom. The lowest BCUT2D eigenvalue weighted by molar-refractivity contribution is -0.148. The van der Waals surface area contributed by atoms with Crippen LogP contribution in [0.3, 0.4) is 0 Å². The van der Waals surface area contributed by atoms with Crippen molar-refractivity contribution in [1.29, 1.82) is 0 Å². The molecule has 0 aliphatic carbocycles. The lowest BCUT2D eigenvalue weighted by atomic mass is 10.0. The SMILES string of the molecule is CCCCCCCC/C=C\CCCCCCCCCC(=O)OC(C)CCCCCCCCCCCC(=O)O. The third-order valence-electron chi connectivity index (χ3n) is 7.48. The van der Waals surface area contributed by atoms with Gasteiger partial charge in [-0.25, -0.2) is 0 Å². The molecule has 0 fully saturated rings. The van der Waals surface area contributed by atoms with Gasteiger partial charge < -0.3 is 9.84 Å². The minimum atomic E-state index is -0.682. The second-order valence-corrected chi connectivity index (χ2v) is 11.5. The predicted molar refractivity (Wildman–Crippen MR) is 163 cm³/mol. The van der Waals surface area contributed by atoms with E-state index in [1.807, 2.05) is 6.92 Å². The van der Waals surface area contributed by atoms with Crippen LogP contribution in [-0.4, -0.2) is 23.1 Å². The van der Waals surface area contributed by atoms with Crippen molar-refractivity contribution in [2.75, 3.05) is 0 Å². The zero-order chi connectivity index (χ0) is 27.9. The van der Waals surface area contributed by atoms with E-state index < -0.39 is 5.97 Å². The number of hydrogen-bond acceptors (Lipinski definition) is 3. The molecule has 0 spiro atoms. The van der Waals surface area contributed by atoms with Gasteiger partial charge in [-0.3, -0.25) is 9.59 Å². The Bertz CT molecular complexity index is 543.